The zero-order chi connectivity index (χ0) is 12.1. The second kappa shape index (κ2) is 5.84. The molecule has 0 spiro atoms. The van der Waals surface area contributed by atoms with Crippen LogP contribution in [0.15, 0.2) is 24.3 Å². The molecule has 1 aromatic heterocycles. The highest BCUT2D eigenvalue weighted by molar-refractivity contribution is 7.11. The maximum atomic E-state index is 12.7. The van der Waals surface area contributed by atoms with Gasteiger partial charge in [0.15, 0.2) is 0 Å². The fourth-order valence-corrected chi connectivity index (χ4v) is 2.35. The van der Waals surface area contributed by atoms with Gasteiger partial charge in [0, 0.05) is 19.4 Å². The van der Waals surface area contributed by atoms with E-state index in [1.165, 1.54) is 12.1 Å². The monoisotopic (exact) mass is 251 g/mol. The van der Waals surface area contributed by atoms with Crippen LogP contribution in [0.1, 0.15) is 15.6 Å². The first-order valence-electron chi connectivity index (χ1n) is 5.48. The highest BCUT2D eigenvalue weighted by atomic mass is 32.1. The fourth-order valence-electron chi connectivity index (χ4n) is 1.47. The minimum absolute atomic E-state index is 0.208. The van der Waals surface area contributed by atoms with Crippen molar-refractivity contribution in [2.75, 3.05) is 13.6 Å². The summed E-state index contributed by atoms with van der Waals surface area (Å²) in [5, 5.41) is 13.3. The summed E-state index contributed by atoms with van der Waals surface area (Å²) in [5.41, 5.74) is 1.06. The van der Waals surface area contributed by atoms with Crippen molar-refractivity contribution in [3.05, 3.63) is 45.7 Å². The third kappa shape index (κ3) is 3.57. The van der Waals surface area contributed by atoms with E-state index in [1.54, 1.807) is 23.5 Å². The van der Waals surface area contributed by atoms with E-state index >= 15 is 0 Å². The molecule has 2 rings (SSSR count). The van der Waals surface area contributed by atoms with Crippen molar-refractivity contribution < 1.29 is 4.39 Å². The molecular weight excluding hydrogens is 237 g/mol. The van der Waals surface area contributed by atoms with Gasteiger partial charge in [-0.2, -0.15) is 0 Å². The molecule has 5 heteroatoms. The Hall–Kier alpha value is -1.33. The van der Waals surface area contributed by atoms with Crippen molar-refractivity contribution in [3.63, 3.8) is 0 Å². The first kappa shape index (κ1) is 12.1. The van der Waals surface area contributed by atoms with E-state index in [0.717, 1.165) is 35.0 Å². The lowest BCUT2D eigenvalue weighted by atomic mass is 10.2. The topological polar surface area (TPSA) is 37.8 Å². The minimum atomic E-state index is -0.208. The van der Waals surface area contributed by atoms with Crippen molar-refractivity contribution in [2.24, 2.45) is 0 Å². The first-order chi connectivity index (χ1) is 8.28. The van der Waals surface area contributed by atoms with Crippen molar-refractivity contribution in [1.29, 1.82) is 0 Å². The van der Waals surface area contributed by atoms with Gasteiger partial charge < -0.3 is 5.32 Å². The number of aromatic nitrogens is 2. The molecule has 0 aliphatic heterocycles. The number of nitrogens with zero attached hydrogens (tertiary/aromatic N) is 2. The van der Waals surface area contributed by atoms with Gasteiger partial charge in [-0.15, -0.1) is 21.5 Å². The van der Waals surface area contributed by atoms with Crippen LogP contribution in [0, 0.1) is 5.82 Å². The predicted molar refractivity (Wildman–Crippen MR) is 66.7 cm³/mol. The van der Waals surface area contributed by atoms with Gasteiger partial charge in [0.25, 0.3) is 0 Å². The molecule has 1 aromatic carbocycles. The minimum Gasteiger partial charge on any atom is -0.319 e. The number of nitrogens with one attached hydrogen (secondary N) is 1. The Morgan fingerprint density at radius 2 is 1.88 bits per heavy atom. The van der Waals surface area contributed by atoms with Gasteiger partial charge in [-0.3, -0.25) is 0 Å². The van der Waals surface area contributed by atoms with E-state index in [1.807, 2.05) is 7.05 Å². The Balaban J connectivity index is 1.98. The first-order valence-corrected chi connectivity index (χ1v) is 6.30. The lowest BCUT2D eigenvalue weighted by Gasteiger charge is -1.96. The number of likely N-dealkylation sites (N-methyl/N-ethyl adjacent to an activating group) is 1. The fraction of sp³-hybridized carbons (Fsp3) is 0.333. The second-order valence-corrected chi connectivity index (χ2v) is 4.89. The van der Waals surface area contributed by atoms with E-state index in [2.05, 4.69) is 15.5 Å². The largest absolute Gasteiger partial charge is 0.319 e. The molecule has 0 aliphatic carbocycles. The maximum Gasteiger partial charge on any atom is 0.123 e. The van der Waals surface area contributed by atoms with Crippen LogP contribution in [-0.2, 0) is 12.8 Å². The molecule has 0 fully saturated rings. The summed E-state index contributed by atoms with van der Waals surface area (Å²) in [7, 11) is 1.92. The van der Waals surface area contributed by atoms with Gasteiger partial charge >= 0.3 is 0 Å². The van der Waals surface area contributed by atoms with E-state index in [4.69, 9.17) is 0 Å². The summed E-state index contributed by atoms with van der Waals surface area (Å²) < 4.78 is 12.7. The maximum absolute atomic E-state index is 12.7. The van der Waals surface area contributed by atoms with E-state index in [0.29, 0.717) is 0 Å². The van der Waals surface area contributed by atoms with Gasteiger partial charge in [0.2, 0.25) is 0 Å². The molecule has 0 amide bonds. The number of benzene rings is 1. The van der Waals surface area contributed by atoms with Crippen molar-refractivity contribution >= 4 is 11.3 Å². The van der Waals surface area contributed by atoms with Crippen molar-refractivity contribution in [3.8, 4) is 0 Å². The van der Waals surface area contributed by atoms with Crippen LogP contribution in [0.25, 0.3) is 0 Å². The molecule has 0 aliphatic rings. The van der Waals surface area contributed by atoms with Crippen LogP contribution in [0.5, 0.6) is 0 Å². The predicted octanol–water partition coefficient (Wildman–Crippen LogP) is 2.03. The Kier molecular flexibility index (Phi) is 4.17. The van der Waals surface area contributed by atoms with E-state index < -0.39 is 0 Å². The highest BCUT2D eigenvalue weighted by Crippen LogP contribution is 2.15. The number of hydrogen-bond donors (Lipinski definition) is 1. The summed E-state index contributed by atoms with van der Waals surface area (Å²) in [4.78, 5) is 0. The lowest BCUT2D eigenvalue weighted by molar-refractivity contribution is 0.627. The summed E-state index contributed by atoms with van der Waals surface area (Å²) in [6, 6.07) is 6.50. The van der Waals surface area contributed by atoms with Crippen molar-refractivity contribution in [1.82, 2.24) is 15.5 Å². The summed E-state index contributed by atoms with van der Waals surface area (Å²) in [5.74, 6) is -0.208. The van der Waals surface area contributed by atoms with Crippen LogP contribution in [0.2, 0.25) is 0 Å². The van der Waals surface area contributed by atoms with Gasteiger partial charge in [-0.05, 0) is 24.7 Å². The molecule has 90 valence electrons. The number of rotatable bonds is 5. The third-order valence-electron chi connectivity index (χ3n) is 2.37. The smallest absolute Gasteiger partial charge is 0.123 e. The lowest BCUT2D eigenvalue weighted by Crippen LogP contribution is -2.09. The molecule has 1 heterocycles. The Labute approximate surface area is 104 Å². The quantitative estimate of drug-likeness (QED) is 0.883. The normalized spacial score (nSPS) is 10.7. The average Bonchev–Trinajstić information content (AvgIpc) is 2.77. The van der Waals surface area contributed by atoms with E-state index in [9.17, 15) is 4.39 Å². The van der Waals surface area contributed by atoms with Gasteiger partial charge in [-0.25, -0.2) is 4.39 Å². The molecule has 0 saturated carbocycles. The molecule has 0 saturated heterocycles. The molecule has 0 atom stereocenters. The van der Waals surface area contributed by atoms with Crippen molar-refractivity contribution in [2.45, 2.75) is 12.8 Å². The van der Waals surface area contributed by atoms with Crippen LogP contribution in [-0.4, -0.2) is 23.8 Å². The average molecular weight is 251 g/mol. The van der Waals surface area contributed by atoms with Gasteiger partial charge in [-0.1, -0.05) is 12.1 Å². The Morgan fingerprint density at radius 1 is 1.18 bits per heavy atom. The van der Waals surface area contributed by atoms with Gasteiger partial charge in [0.05, 0.1) is 0 Å². The highest BCUT2D eigenvalue weighted by Gasteiger charge is 2.04. The Morgan fingerprint density at radius 3 is 2.59 bits per heavy atom. The molecule has 0 unspecified atom stereocenters. The van der Waals surface area contributed by atoms with Crippen LogP contribution in [0.4, 0.5) is 4.39 Å². The van der Waals surface area contributed by atoms with E-state index in [-0.39, 0.29) is 5.82 Å². The van der Waals surface area contributed by atoms with Crippen LogP contribution < -0.4 is 5.32 Å². The second-order valence-electron chi connectivity index (χ2n) is 3.75. The molecule has 1 N–H and O–H groups in total. The zero-order valence-electron chi connectivity index (χ0n) is 9.61. The zero-order valence-corrected chi connectivity index (χ0v) is 10.4. The molecule has 0 radical (unpaired) electrons. The SMILES string of the molecule is CNCCc1nnc(Cc2ccc(F)cc2)s1. The third-order valence-corrected chi connectivity index (χ3v) is 3.35. The Bertz CT molecular complexity index is 467. The van der Waals surface area contributed by atoms with Gasteiger partial charge in [0.1, 0.15) is 15.8 Å². The molecule has 17 heavy (non-hydrogen) atoms. The number of halogens is 1. The summed E-state index contributed by atoms with van der Waals surface area (Å²) in [6.07, 6.45) is 1.62. The summed E-state index contributed by atoms with van der Waals surface area (Å²) in [6.45, 7) is 0.908. The number of hydrogen-bond acceptors (Lipinski definition) is 4. The molecule has 2 aromatic rings. The molecule has 3 nitrogen and oxygen atoms in total. The summed E-state index contributed by atoms with van der Waals surface area (Å²) >= 11 is 1.62. The van der Waals surface area contributed by atoms with Crippen LogP contribution >= 0.6 is 11.3 Å². The van der Waals surface area contributed by atoms with Crippen LogP contribution in [0.3, 0.4) is 0 Å². The molecule has 0 bridgehead atoms. The molecular formula is C12H14FN3S. The standard InChI is InChI=1S/C12H14FN3S/c1-14-7-6-11-15-16-12(17-11)8-9-2-4-10(13)5-3-9/h2-5,14H,6-8H2,1H3.